The van der Waals surface area contributed by atoms with E-state index in [1.165, 1.54) is 20.0 Å². The lowest BCUT2D eigenvalue weighted by Gasteiger charge is -2.35. The summed E-state index contributed by atoms with van der Waals surface area (Å²) in [4.78, 5) is 34.3. The second-order valence-corrected chi connectivity index (χ2v) is 11.2. The van der Waals surface area contributed by atoms with Crippen LogP contribution in [-0.2, 0) is 11.3 Å². The molecule has 1 aliphatic heterocycles. The maximum Gasteiger partial charge on any atom is 0.410 e. The van der Waals surface area contributed by atoms with Gasteiger partial charge in [-0.3, -0.25) is 9.78 Å². The number of amides is 2. The number of hydrogen-bond acceptors (Lipinski definition) is 6. The van der Waals surface area contributed by atoms with Gasteiger partial charge in [-0.1, -0.05) is 37.1 Å². The van der Waals surface area contributed by atoms with Crippen LogP contribution in [0, 0.1) is 0 Å². The van der Waals surface area contributed by atoms with E-state index < -0.39 is 0 Å². The Kier molecular flexibility index (Phi) is 9.51. The van der Waals surface area contributed by atoms with Gasteiger partial charge in [0.15, 0.2) is 0 Å². The number of anilines is 2. The van der Waals surface area contributed by atoms with Crippen molar-refractivity contribution in [1.29, 1.82) is 0 Å². The molecular formula is C33H41N5O3. The van der Waals surface area contributed by atoms with E-state index in [1.807, 2.05) is 17.0 Å². The van der Waals surface area contributed by atoms with Gasteiger partial charge in [0.25, 0.3) is 5.91 Å². The van der Waals surface area contributed by atoms with Gasteiger partial charge in [-0.15, -0.1) is 0 Å². The number of hydrogen-bond donors (Lipinski definition) is 2. The predicted octanol–water partition coefficient (Wildman–Crippen LogP) is 6.22. The number of ether oxygens (including phenoxy) is 1. The molecule has 41 heavy (non-hydrogen) atoms. The SMILES string of the molecule is COC(=O)N(Cc1cccc(-c2ccc(N3CCCCCC3)c(NC(=O)c3cccnc3)c2)c1)C1CCC(N)CC1. The summed E-state index contributed by atoms with van der Waals surface area (Å²) in [6.45, 7) is 2.41. The molecule has 1 saturated heterocycles. The number of carbonyl (C=O) groups excluding carboxylic acids is 2. The van der Waals surface area contributed by atoms with Crippen LogP contribution in [0.5, 0.6) is 0 Å². The van der Waals surface area contributed by atoms with Crippen LogP contribution in [0.15, 0.2) is 67.0 Å². The second-order valence-electron chi connectivity index (χ2n) is 11.2. The third kappa shape index (κ3) is 7.24. The highest BCUT2D eigenvalue weighted by molar-refractivity contribution is 6.06. The van der Waals surface area contributed by atoms with E-state index in [1.54, 1.807) is 24.5 Å². The highest BCUT2D eigenvalue weighted by atomic mass is 16.5. The zero-order valence-electron chi connectivity index (χ0n) is 23.9. The van der Waals surface area contributed by atoms with Gasteiger partial charge in [-0.2, -0.15) is 0 Å². The van der Waals surface area contributed by atoms with E-state index in [0.717, 1.165) is 79.7 Å². The summed E-state index contributed by atoms with van der Waals surface area (Å²) in [6.07, 6.45) is 11.3. The van der Waals surface area contributed by atoms with Crippen LogP contribution in [0.25, 0.3) is 11.1 Å². The molecular weight excluding hydrogens is 514 g/mol. The van der Waals surface area contributed by atoms with E-state index >= 15 is 0 Å². The Bertz CT molecular complexity index is 1320. The molecule has 3 N–H and O–H groups in total. The Balaban J connectivity index is 1.43. The fraction of sp³-hybridized carbons (Fsp3) is 0.424. The number of nitrogens with zero attached hydrogens (tertiary/aromatic N) is 3. The van der Waals surface area contributed by atoms with Crippen molar-refractivity contribution >= 4 is 23.4 Å². The van der Waals surface area contributed by atoms with E-state index in [-0.39, 0.29) is 24.1 Å². The fourth-order valence-corrected chi connectivity index (χ4v) is 6.01. The number of carbonyl (C=O) groups is 2. The third-order valence-corrected chi connectivity index (χ3v) is 8.32. The first-order valence-electron chi connectivity index (χ1n) is 14.8. The number of aromatic nitrogens is 1. The van der Waals surface area contributed by atoms with Crippen LogP contribution >= 0.6 is 0 Å². The summed E-state index contributed by atoms with van der Waals surface area (Å²) in [5.41, 5.74) is 11.5. The van der Waals surface area contributed by atoms with Gasteiger partial charge in [0.1, 0.15) is 0 Å². The van der Waals surface area contributed by atoms with Crippen molar-refractivity contribution in [2.75, 3.05) is 30.4 Å². The van der Waals surface area contributed by atoms with Crippen LogP contribution < -0.4 is 16.0 Å². The average molecular weight is 556 g/mol. The molecule has 8 heteroatoms. The zero-order chi connectivity index (χ0) is 28.6. The predicted molar refractivity (Wildman–Crippen MR) is 163 cm³/mol. The van der Waals surface area contributed by atoms with Crippen LogP contribution in [0.4, 0.5) is 16.2 Å². The Morgan fingerprint density at radius 2 is 1.73 bits per heavy atom. The van der Waals surface area contributed by atoms with Crippen LogP contribution in [-0.4, -0.2) is 54.2 Å². The van der Waals surface area contributed by atoms with E-state index in [4.69, 9.17) is 10.5 Å². The number of nitrogens with one attached hydrogen (secondary N) is 1. The summed E-state index contributed by atoms with van der Waals surface area (Å²) in [5, 5.41) is 3.17. The van der Waals surface area contributed by atoms with Gasteiger partial charge in [0.05, 0.1) is 24.0 Å². The van der Waals surface area contributed by atoms with Crippen molar-refractivity contribution in [3.8, 4) is 11.1 Å². The summed E-state index contributed by atoms with van der Waals surface area (Å²) >= 11 is 0. The molecule has 216 valence electrons. The molecule has 3 aromatic rings. The topological polar surface area (TPSA) is 101 Å². The van der Waals surface area contributed by atoms with Gasteiger partial charge in [-0.25, -0.2) is 4.79 Å². The molecule has 8 nitrogen and oxygen atoms in total. The van der Waals surface area contributed by atoms with Crippen molar-refractivity contribution < 1.29 is 14.3 Å². The average Bonchev–Trinajstić information content (AvgIpc) is 3.30. The Labute approximate surface area is 242 Å². The largest absolute Gasteiger partial charge is 0.453 e. The van der Waals surface area contributed by atoms with Crippen LogP contribution in [0.2, 0.25) is 0 Å². The first-order chi connectivity index (χ1) is 20.0. The van der Waals surface area contributed by atoms with Gasteiger partial charge < -0.3 is 25.6 Å². The number of methoxy groups -OCH3 is 1. The highest BCUT2D eigenvalue weighted by Gasteiger charge is 2.28. The minimum Gasteiger partial charge on any atom is -0.453 e. The van der Waals surface area contributed by atoms with Crippen molar-refractivity contribution in [2.45, 2.75) is 70.0 Å². The molecule has 2 heterocycles. The molecule has 0 radical (unpaired) electrons. The van der Waals surface area contributed by atoms with Crippen molar-refractivity contribution in [3.63, 3.8) is 0 Å². The quantitative estimate of drug-likeness (QED) is 0.359. The molecule has 0 atom stereocenters. The maximum atomic E-state index is 13.2. The summed E-state index contributed by atoms with van der Waals surface area (Å²) in [5.74, 6) is -0.180. The molecule has 1 aromatic heterocycles. The Morgan fingerprint density at radius 1 is 0.976 bits per heavy atom. The number of pyridine rings is 1. The first-order valence-corrected chi connectivity index (χ1v) is 14.8. The molecule has 0 bridgehead atoms. The third-order valence-electron chi connectivity index (χ3n) is 8.32. The maximum absolute atomic E-state index is 13.2. The van der Waals surface area contributed by atoms with Crippen LogP contribution in [0.1, 0.15) is 67.3 Å². The number of rotatable bonds is 7. The molecule has 0 unspecified atom stereocenters. The van der Waals surface area contributed by atoms with Crippen LogP contribution in [0.3, 0.4) is 0 Å². The summed E-state index contributed by atoms with van der Waals surface area (Å²) in [7, 11) is 1.44. The van der Waals surface area contributed by atoms with Gasteiger partial charge in [-0.05, 0) is 85.5 Å². The summed E-state index contributed by atoms with van der Waals surface area (Å²) < 4.78 is 5.15. The Hall–Kier alpha value is -3.91. The summed E-state index contributed by atoms with van der Waals surface area (Å²) in [6, 6.07) is 18.4. The molecule has 0 spiro atoms. The zero-order valence-corrected chi connectivity index (χ0v) is 23.9. The molecule has 2 fully saturated rings. The normalized spacial score (nSPS) is 19.2. The lowest BCUT2D eigenvalue weighted by atomic mass is 9.90. The molecule has 5 rings (SSSR count). The smallest absolute Gasteiger partial charge is 0.410 e. The molecule has 1 aliphatic carbocycles. The van der Waals surface area contributed by atoms with E-state index in [9.17, 15) is 9.59 Å². The monoisotopic (exact) mass is 555 g/mol. The Morgan fingerprint density at radius 3 is 2.44 bits per heavy atom. The van der Waals surface area contributed by atoms with Gasteiger partial charge in [0, 0.05) is 44.1 Å². The van der Waals surface area contributed by atoms with Crippen molar-refractivity contribution in [3.05, 3.63) is 78.1 Å². The first kappa shape index (κ1) is 28.6. The minimum absolute atomic E-state index is 0.119. The molecule has 2 amide bonds. The molecule has 2 aromatic carbocycles. The molecule has 1 saturated carbocycles. The van der Waals surface area contributed by atoms with Crippen molar-refractivity contribution in [1.82, 2.24) is 9.88 Å². The van der Waals surface area contributed by atoms with E-state index in [2.05, 4.69) is 45.5 Å². The lowest BCUT2D eigenvalue weighted by molar-refractivity contribution is 0.0879. The number of nitrogens with two attached hydrogens (primary N) is 1. The van der Waals surface area contributed by atoms with E-state index in [0.29, 0.717) is 12.1 Å². The highest BCUT2D eigenvalue weighted by Crippen LogP contribution is 2.34. The molecule has 2 aliphatic rings. The second kappa shape index (κ2) is 13.6. The fourth-order valence-electron chi connectivity index (χ4n) is 6.01. The minimum atomic E-state index is -0.307. The number of benzene rings is 2. The standard InChI is InChI=1S/C33H41N5O3/c1-41-33(40)38(29-14-12-28(34)13-15-29)23-24-8-6-9-25(20-24)26-11-16-31(37-18-4-2-3-5-19-37)30(21-26)36-32(39)27-10-7-17-35-22-27/h6-11,16-17,20-22,28-29H,2-5,12-15,18-19,23,34H2,1H3,(H,36,39). The lowest BCUT2D eigenvalue weighted by Crippen LogP contribution is -2.43. The van der Waals surface area contributed by atoms with Crippen molar-refractivity contribution in [2.24, 2.45) is 5.73 Å². The van der Waals surface area contributed by atoms with Gasteiger partial charge in [0.2, 0.25) is 0 Å². The van der Waals surface area contributed by atoms with Gasteiger partial charge >= 0.3 is 6.09 Å².